The van der Waals surface area contributed by atoms with Crippen LogP contribution in [-0.4, -0.2) is 46.4 Å². The third-order valence-electron chi connectivity index (χ3n) is 4.75. The highest BCUT2D eigenvalue weighted by atomic mass is 32.2. The van der Waals surface area contributed by atoms with E-state index in [-0.39, 0.29) is 5.91 Å². The number of carbonyl (C=O) groups excluding carboxylic acids is 1. The Balaban J connectivity index is 1.70. The molecular formula is C20H29N3O4S. The van der Waals surface area contributed by atoms with Crippen LogP contribution < -0.4 is 11.1 Å². The van der Waals surface area contributed by atoms with Crippen molar-refractivity contribution < 1.29 is 19.4 Å². The van der Waals surface area contributed by atoms with Crippen LogP contribution in [0.2, 0.25) is 0 Å². The highest BCUT2D eigenvalue weighted by Crippen LogP contribution is 2.31. The zero-order valence-electron chi connectivity index (χ0n) is 16.4. The molecular weight excluding hydrogens is 378 g/mol. The highest BCUT2D eigenvalue weighted by molar-refractivity contribution is 8.14. The van der Waals surface area contributed by atoms with Crippen LogP contribution in [0.3, 0.4) is 0 Å². The number of nitrogens with one attached hydrogen (secondary N) is 1. The molecule has 2 aliphatic heterocycles. The van der Waals surface area contributed by atoms with Crippen molar-refractivity contribution in [1.82, 2.24) is 5.32 Å². The first-order chi connectivity index (χ1) is 13.3. The number of allylic oxidation sites excluding steroid dienone is 1. The highest BCUT2D eigenvalue weighted by Gasteiger charge is 2.40. The van der Waals surface area contributed by atoms with Crippen molar-refractivity contribution in [2.75, 3.05) is 12.4 Å². The second-order valence-electron chi connectivity index (χ2n) is 7.60. The Morgan fingerprint density at radius 2 is 2.36 bits per heavy atom. The van der Waals surface area contributed by atoms with Crippen molar-refractivity contribution in [2.24, 2.45) is 16.6 Å². The third kappa shape index (κ3) is 5.18. The largest absolute Gasteiger partial charge is 0.493 e. The number of hydrogen-bond donors (Lipinski definition) is 3. The van der Waals surface area contributed by atoms with Crippen LogP contribution in [0.1, 0.15) is 39.5 Å². The molecule has 3 rings (SSSR count). The first-order valence-corrected chi connectivity index (χ1v) is 10.7. The summed E-state index contributed by atoms with van der Waals surface area (Å²) in [5.74, 6) is 1.62. The summed E-state index contributed by atoms with van der Waals surface area (Å²) in [4.78, 5) is 17.2. The van der Waals surface area contributed by atoms with E-state index in [4.69, 9.17) is 15.2 Å². The van der Waals surface area contributed by atoms with E-state index in [1.807, 2.05) is 13.8 Å². The van der Waals surface area contributed by atoms with Gasteiger partial charge in [0.05, 0.1) is 17.7 Å². The van der Waals surface area contributed by atoms with Crippen LogP contribution in [0.4, 0.5) is 0 Å². The summed E-state index contributed by atoms with van der Waals surface area (Å²) in [5, 5.41) is 13.7. The number of aliphatic imine (C=N–C) groups is 1. The molecule has 3 atom stereocenters. The molecule has 8 heteroatoms. The minimum Gasteiger partial charge on any atom is -0.493 e. The van der Waals surface area contributed by atoms with Crippen molar-refractivity contribution in [3.63, 3.8) is 0 Å². The molecule has 154 valence electrons. The lowest BCUT2D eigenvalue weighted by Gasteiger charge is -2.29. The molecule has 28 heavy (non-hydrogen) atoms. The normalized spacial score (nSPS) is 27.9. The smallest absolute Gasteiger partial charge is 0.264 e. The number of hydrogen-bond acceptors (Lipinski definition) is 7. The van der Waals surface area contributed by atoms with Crippen molar-refractivity contribution in [3.8, 4) is 0 Å². The Morgan fingerprint density at radius 1 is 1.61 bits per heavy atom. The first-order valence-electron chi connectivity index (χ1n) is 9.70. The van der Waals surface area contributed by atoms with Crippen molar-refractivity contribution in [2.45, 2.75) is 57.5 Å². The standard InChI is InChI=1S/C20H29N3O4S/c1-4-5-15(22-19(25)20(21)11-28-18(23-20)12(2)3)16-8-14(9-17(24)27-16)26-10-13-6-7-13/h8-9,13,15,17,24H,2,4-7,10-11,21H2,1,3H3,(H,22,25)/t15-,17?,20+/m1/s1. The van der Waals surface area contributed by atoms with Gasteiger partial charge in [-0.1, -0.05) is 19.9 Å². The number of nitrogens with two attached hydrogens (primary N) is 1. The predicted molar refractivity (Wildman–Crippen MR) is 110 cm³/mol. The van der Waals surface area contributed by atoms with Gasteiger partial charge in [-0.2, -0.15) is 0 Å². The molecule has 7 nitrogen and oxygen atoms in total. The summed E-state index contributed by atoms with van der Waals surface area (Å²) in [5.41, 5.74) is 5.70. The van der Waals surface area contributed by atoms with E-state index in [2.05, 4.69) is 16.9 Å². The lowest BCUT2D eigenvalue weighted by Crippen LogP contribution is -2.56. The lowest BCUT2D eigenvalue weighted by atomic mass is 10.1. The molecule has 1 fully saturated rings. The molecule has 0 bridgehead atoms. The number of ether oxygens (including phenoxy) is 2. The maximum absolute atomic E-state index is 12.9. The van der Waals surface area contributed by atoms with Crippen LogP contribution in [0, 0.1) is 5.92 Å². The van der Waals surface area contributed by atoms with E-state index in [9.17, 15) is 9.90 Å². The number of carbonyl (C=O) groups is 1. The molecule has 4 N–H and O–H groups in total. The molecule has 0 aromatic heterocycles. The molecule has 0 saturated heterocycles. The van der Waals surface area contributed by atoms with E-state index in [1.165, 1.54) is 30.7 Å². The molecule has 2 heterocycles. The molecule has 0 spiro atoms. The van der Waals surface area contributed by atoms with Gasteiger partial charge in [0.1, 0.15) is 11.5 Å². The average molecular weight is 408 g/mol. The average Bonchev–Trinajstić information content (AvgIpc) is 3.38. The van der Waals surface area contributed by atoms with E-state index >= 15 is 0 Å². The van der Waals surface area contributed by atoms with Crippen LogP contribution in [-0.2, 0) is 14.3 Å². The lowest BCUT2D eigenvalue weighted by molar-refractivity contribution is -0.126. The second-order valence-corrected chi connectivity index (χ2v) is 8.57. The summed E-state index contributed by atoms with van der Waals surface area (Å²) in [6, 6.07) is -0.421. The molecule has 0 radical (unpaired) electrons. The van der Waals surface area contributed by atoms with Crippen molar-refractivity contribution in [1.29, 1.82) is 0 Å². The van der Waals surface area contributed by atoms with Gasteiger partial charge in [0.2, 0.25) is 6.29 Å². The van der Waals surface area contributed by atoms with E-state index < -0.39 is 18.0 Å². The van der Waals surface area contributed by atoms with Crippen LogP contribution >= 0.6 is 11.8 Å². The van der Waals surface area contributed by atoms with Gasteiger partial charge in [0.25, 0.3) is 5.91 Å². The molecule has 1 saturated carbocycles. The summed E-state index contributed by atoms with van der Waals surface area (Å²) >= 11 is 1.43. The van der Waals surface area contributed by atoms with Crippen LogP contribution in [0.25, 0.3) is 0 Å². The fourth-order valence-corrected chi connectivity index (χ4v) is 3.95. The van der Waals surface area contributed by atoms with Crippen molar-refractivity contribution >= 4 is 22.7 Å². The zero-order valence-corrected chi connectivity index (χ0v) is 17.3. The minimum absolute atomic E-state index is 0.359. The van der Waals surface area contributed by atoms with Gasteiger partial charge in [-0.25, -0.2) is 4.99 Å². The Bertz CT molecular complexity index is 729. The Hall–Kier alpha value is -1.77. The SMILES string of the molecule is C=C(C)C1=N[C@](N)(C(=O)N[C@H](CCC)C2=CC(OCC3CC3)=CC(O)O2)CS1. The van der Waals surface area contributed by atoms with Gasteiger partial charge in [-0.05, 0) is 37.7 Å². The summed E-state index contributed by atoms with van der Waals surface area (Å²) in [6.45, 7) is 8.35. The number of nitrogens with zero attached hydrogens (tertiary/aromatic N) is 1. The zero-order chi connectivity index (χ0) is 20.3. The molecule has 1 unspecified atom stereocenters. The Kier molecular flexibility index (Phi) is 6.52. The maximum Gasteiger partial charge on any atom is 0.264 e. The first kappa shape index (κ1) is 21.0. The second kappa shape index (κ2) is 8.71. The van der Waals surface area contributed by atoms with Crippen LogP contribution in [0.5, 0.6) is 0 Å². The number of aliphatic hydroxyl groups is 1. The fraction of sp³-hybridized carbons (Fsp3) is 0.600. The molecule has 1 aliphatic carbocycles. The number of rotatable bonds is 9. The molecule has 0 aromatic rings. The Labute approximate surface area is 170 Å². The topological polar surface area (TPSA) is 106 Å². The van der Waals surface area contributed by atoms with E-state index in [1.54, 1.807) is 6.08 Å². The molecule has 3 aliphatic rings. The summed E-state index contributed by atoms with van der Waals surface area (Å²) < 4.78 is 11.3. The fourth-order valence-electron chi connectivity index (χ4n) is 2.92. The number of amides is 1. The van der Waals surface area contributed by atoms with Gasteiger partial charge < -0.3 is 19.9 Å². The van der Waals surface area contributed by atoms with Crippen LogP contribution in [0.15, 0.2) is 40.8 Å². The van der Waals surface area contributed by atoms with E-state index in [0.717, 1.165) is 12.0 Å². The van der Waals surface area contributed by atoms with Gasteiger partial charge in [0, 0.05) is 17.9 Å². The maximum atomic E-state index is 12.9. The summed E-state index contributed by atoms with van der Waals surface area (Å²) in [6.07, 6.45) is 5.98. The predicted octanol–water partition coefficient (Wildman–Crippen LogP) is 2.19. The monoisotopic (exact) mass is 407 g/mol. The van der Waals surface area contributed by atoms with Gasteiger partial charge in [0.15, 0.2) is 5.66 Å². The van der Waals surface area contributed by atoms with Gasteiger partial charge in [-0.3, -0.25) is 10.5 Å². The number of aliphatic hydroxyl groups excluding tert-OH is 1. The quantitative estimate of drug-likeness (QED) is 0.541. The molecule has 1 amide bonds. The summed E-state index contributed by atoms with van der Waals surface area (Å²) in [7, 11) is 0. The third-order valence-corrected chi connectivity index (χ3v) is 6.04. The minimum atomic E-state index is -1.33. The number of thioether (sulfide) groups is 1. The van der Waals surface area contributed by atoms with Crippen molar-refractivity contribution in [3.05, 3.63) is 35.8 Å². The Morgan fingerprint density at radius 3 is 2.96 bits per heavy atom. The van der Waals surface area contributed by atoms with Gasteiger partial charge >= 0.3 is 0 Å². The van der Waals surface area contributed by atoms with E-state index in [0.29, 0.717) is 41.3 Å². The van der Waals surface area contributed by atoms with Gasteiger partial charge in [-0.15, -0.1) is 11.8 Å². The molecule has 0 aromatic carbocycles.